The fourth-order valence-electron chi connectivity index (χ4n) is 4.25. The quantitative estimate of drug-likeness (QED) is 0.379. The minimum Gasteiger partial charge on any atom is -0.508 e. The lowest BCUT2D eigenvalue weighted by atomic mass is 9.95. The summed E-state index contributed by atoms with van der Waals surface area (Å²) in [4.78, 5) is 29.8. The molecule has 2 heterocycles. The predicted molar refractivity (Wildman–Crippen MR) is 122 cm³/mol. The SMILES string of the molecule is CCN(CC)CCN1C(=O)C(=O)/C(=C(/O)c2ccc3c(c2)OCCO3)C1c1ccc(O)cc1. The van der Waals surface area contributed by atoms with E-state index >= 15 is 0 Å². The molecule has 2 aromatic carbocycles. The number of aromatic hydroxyl groups is 1. The Kier molecular flexibility index (Phi) is 6.55. The number of phenolic OH excluding ortho intramolecular Hbond substituents is 1. The molecule has 0 aromatic heterocycles. The number of ketones is 1. The van der Waals surface area contributed by atoms with Crippen LogP contribution in [0.1, 0.15) is 31.0 Å². The average molecular weight is 453 g/mol. The van der Waals surface area contributed by atoms with Gasteiger partial charge in [-0.3, -0.25) is 9.59 Å². The molecule has 0 bridgehead atoms. The molecule has 0 aliphatic carbocycles. The molecule has 33 heavy (non-hydrogen) atoms. The summed E-state index contributed by atoms with van der Waals surface area (Å²) in [6, 6.07) is 10.5. The summed E-state index contributed by atoms with van der Waals surface area (Å²) < 4.78 is 11.1. The average Bonchev–Trinajstić information content (AvgIpc) is 3.09. The zero-order valence-corrected chi connectivity index (χ0v) is 18.8. The van der Waals surface area contributed by atoms with Crippen molar-refractivity contribution in [1.29, 1.82) is 0 Å². The molecule has 2 aliphatic rings. The van der Waals surface area contributed by atoms with Gasteiger partial charge in [-0.25, -0.2) is 0 Å². The van der Waals surface area contributed by atoms with Crippen LogP contribution in [0.5, 0.6) is 17.2 Å². The molecule has 1 amide bonds. The van der Waals surface area contributed by atoms with Crippen LogP contribution in [0.25, 0.3) is 5.76 Å². The molecule has 0 radical (unpaired) electrons. The standard InChI is InChI=1S/C25H28N2O6/c1-3-26(4-2)11-12-27-22(16-5-8-18(28)9-6-16)21(24(30)25(27)31)23(29)17-7-10-19-20(15-17)33-14-13-32-19/h5-10,15,22,28-29H,3-4,11-14H2,1-2H3/b23-21+. The van der Waals surface area contributed by atoms with Crippen molar-refractivity contribution in [2.45, 2.75) is 19.9 Å². The number of phenols is 1. The maximum absolute atomic E-state index is 13.1. The number of Topliss-reactive ketones (excluding diaryl/α,β-unsaturated/α-hetero) is 1. The number of amides is 1. The van der Waals surface area contributed by atoms with E-state index in [2.05, 4.69) is 4.90 Å². The number of ether oxygens (including phenoxy) is 2. The number of carbonyl (C=O) groups is 2. The Hall–Kier alpha value is -3.52. The summed E-state index contributed by atoms with van der Waals surface area (Å²) in [5.74, 6) is -0.548. The topological polar surface area (TPSA) is 99.5 Å². The number of fused-ring (bicyclic) bond motifs is 1. The lowest BCUT2D eigenvalue weighted by Gasteiger charge is -2.28. The molecule has 1 fully saturated rings. The van der Waals surface area contributed by atoms with Gasteiger partial charge >= 0.3 is 0 Å². The molecule has 0 saturated carbocycles. The molecule has 2 N–H and O–H groups in total. The Bertz CT molecular complexity index is 1070. The predicted octanol–water partition coefficient (Wildman–Crippen LogP) is 2.93. The molecular formula is C25H28N2O6. The van der Waals surface area contributed by atoms with E-state index in [1.807, 2.05) is 13.8 Å². The van der Waals surface area contributed by atoms with Gasteiger partial charge in [0.25, 0.3) is 11.7 Å². The van der Waals surface area contributed by atoms with Crippen molar-refractivity contribution in [2.75, 3.05) is 39.4 Å². The molecule has 2 aliphatic heterocycles. The zero-order valence-electron chi connectivity index (χ0n) is 18.8. The van der Waals surface area contributed by atoms with Gasteiger partial charge in [-0.1, -0.05) is 26.0 Å². The molecule has 1 saturated heterocycles. The van der Waals surface area contributed by atoms with Crippen LogP contribution in [-0.4, -0.2) is 71.1 Å². The van der Waals surface area contributed by atoms with Gasteiger partial charge in [-0.05, 0) is 49.0 Å². The van der Waals surface area contributed by atoms with Gasteiger partial charge in [-0.15, -0.1) is 0 Å². The lowest BCUT2D eigenvalue weighted by Crippen LogP contribution is -2.38. The van der Waals surface area contributed by atoms with Crippen LogP contribution in [0.3, 0.4) is 0 Å². The van der Waals surface area contributed by atoms with Crippen molar-refractivity contribution in [2.24, 2.45) is 0 Å². The van der Waals surface area contributed by atoms with Gasteiger partial charge in [0.1, 0.15) is 24.7 Å². The van der Waals surface area contributed by atoms with E-state index in [4.69, 9.17) is 9.47 Å². The number of hydrogen-bond acceptors (Lipinski definition) is 7. The molecule has 1 unspecified atom stereocenters. The van der Waals surface area contributed by atoms with E-state index in [0.717, 1.165) is 13.1 Å². The minimum absolute atomic E-state index is 0.0157. The van der Waals surface area contributed by atoms with Crippen molar-refractivity contribution in [1.82, 2.24) is 9.80 Å². The van der Waals surface area contributed by atoms with E-state index in [1.165, 1.54) is 17.0 Å². The number of benzene rings is 2. The fourth-order valence-corrected chi connectivity index (χ4v) is 4.25. The number of nitrogens with zero attached hydrogens (tertiary/aromatic N) is 2. The van der Waals surface area contributed by atoms with E-state index in [-0.39, 0.29) is 17.1 Å². The summed E-state index contributed by atoms with van der Waals surface area (Å²) in [6.45, 7) is 7.47. The number of likely N-dealkylation sites (tertiary alicyclic amines) is 1. The smallest absolute Gasteiger partial charge is 0.295 e. The third kappa shape index (κ3) is 4.39. The number of hydrogen-bond donors (Lipinski definition) is 2. The van der Waals surface area contributed by atoms with Crippen LogP contribution in [0, 0.1) is 0 Å². The molecule has 8 heteroatoms. The summed E-state index contributed by atoms with van der Waals surface area (Å²) in [7, 11) is 0. The zero-order chi connectivity index (χ0) is 23.5. The van der Waals surface area contributed by atoms with Gasteiger partial charge in [0, 0.05) is 18.7 Å². The third-order valence-corrected chi connectivity index (χ3v) is 6.12. The number of rotatable bonds is 7. The highest BCUT2D eigenvalue weighted by Crippen LogP contribution is 2.41. The van der Waals surface area contributed by atoms with Crippen LogP contribution >= 0.6 is 0 Å². The van der Waals surface area contributed by atoms with Gasteiger partial charge in [0.2, 0.25) is 0 Å². The first-order valence-electron chi connectivity index (χ1n) is 11.1. The first-order valence-corrected chi connectivity index (χ1v) is 11.1. The molecule has 2 aromatic rings. The van der Waals surface area contributed by atoms with Crippen molar-refractivity contribution >= 4 is 17.4 Å². The van der Waals surface area contributed by atoms with Crippen molar-refractivity contribution < 1.29 is 29.3 Å². The second-order valence-electron chi connectivity index (χ2n) is 7.97. The van der Waals surface area contributed by atoms with E-state index in [9.17, 15) is 19.8 Å². The highest BCUT2D eigenvalue weighted by molar-refractivity contribution is 6.46. The molecule has 8 nitrogen and oxygen atoms in total. The highest BCUT2D eigenvalue weighted by Gasteiger charge is 2.46. The number of aliphatic hydroxyl groups excluding tert-OH is 1. The third-order valence-electron chi connectivity index (χ3n) is 6.12. The normalized spacial score (nSPS) is 19.4. The molecule has 0 spiro atoms. The molecule has 174 valence electrons. The molecular weight excluding hydrogens is 424 g/mol. The van der Waals surface area contributed by atoms with E-state index in [0.29, 0.717) is 48.9 Å². The van der Waals surface area contributed by atoms with Crippen LogP contribution in [-0.2, 0) is 9.59 Å². The van der Waals surface area contributed by atoms with Crippen LogP contribution in [0.2, 0.25) is 0 Å². The first kappa shape index (κ1) is 22.7. The minimum atomic E-state index is -0.769. The molecule has 4 rings (SSSR count). The maximum Gasteiger partial charge on any atom is 0.295 e. The number of aliphatic hydroxyl groups is 1. The molecule has 1 atom stereocenters. The highest BCUT2D eigenvalue weighted by atomic mass is 16.6. The summed E-state index contributed by atoms with van der Waals surface area (Å²) >= 11 is 0. The van der Waals surface area contributed by atoms with Crippen LogP contribution < -0.4 is 9.47 Å². The Morgan fingerprint density at radius 3 is 2.36 bits per heavy atom. The van der Waals surface area contributed by atoms with Gasteiger partial charge in [-0.2, -0.15) is 0 Å². The second-order valence-corrected chi connectivity index (χ2v) is 7.97. The Labute approximate surface area is 192 Å². The number of likely N-dealkylation sites (N-methyl/N-ethyl adjacent to an activating group) is 1. The van der Waals surface area contributed by atoms with Gasteiger partial charge in [0.05, 0.1) is 11.6 Å². The Morgan fingerprint density at radius 1 is 1.03 bits per heavy atom. The summed E-state index contributed by atoms with van der Waals surface area (Å²) in [5.41, 5.74) is 1.01. The lowest BCUT2D eigenvalue weighted by molar-refractivity contribution is -0.140. The summed E-state index contributed by atoms with van der Waals surface area (Å²) in [6.07, 6.45) is 0. The maximum atomic E-state index is 13.1. The van der Waals surface area contributed by atoms with Crippen molar-refractivity contribution in [3.63, 3.8) is 0 Å². The van der Waals surface area contributed by atoms with Crippen LogP contribution in [0.15, 0.2) is 48.0 Å². The summed E-state index contributed by atoms with van der Waals surface area (Å²) in [5, 5.41) is 20.9. The second kappa shape index (κ2) is 9.54. The van der Waals surface area contributed by atoms with Gasteiger partial charge < -0.3 is 29.5 Å². The monoisotopic (exact) mass is 452 g/mol. The Balaban J connectivity index is 1.78. The van der Waals surface area contributed by atoms with Crippen molar-refractivity contribution in [3.8, 4) is 17.2 Å². The largest absolute Gasteiger partial charge is 0.508 e. The fraction of sp³-hybridized carbons (Fsp3) is 0.360. The Morgan fingerprint density at radius 2 is 1.70 bits per heavy atom. The van der Waals surface area contributed by atoms with E-state index < -0.39 is 17.7 Å². The van der Waals surface area contributed by atoms with Gasteiger partial charge in [0.15, 0.2) is 11.5 Å². The van der Waals surface area contributed by atoms with Crippen molar-refractivity contribution in [3.05, 3.63) is 59.2 Å². The van der Waals surface area contributed by atoms with E-state index in [1.54, 1.807) is 30.3 Å². The number of carbonyl (C=O) groups excluding carboxylic acids is 2. The van der Waals surface area contributed by atoms with Crippen LogP contribution in [0.4, 0.5) is 0 Å². The first-order chi connectivity index (χ1) is 15.9.